The quantitative estimate of drug-likeness (QED) is 0.779. The molecule has 0 saturated carbocycles. The monoisotopic (exact) mass is 436 g/mol. The van der Waals surface area contributed by atoms with E-state index in [-0.39, 0.29) is 46.7 Å². The maximum Gasteiger partial charge on any atom is 0.251 e. The Labute approximate surface area is 176 Å². The molecule has 2 aromatic rings. The zero-order valence-corrected chi connectivity index (χ0v) is 18.3. The van der Waals surface area contributed by atoms with Crippen LogP contribution in [0.15, 0.2) is 47.4 Å². The lowest BCUT2D eigenvalue weighted by atomic mass is 10.1. The Bertz CT molecular complexity index is 982. The van der Waals surface area contributed by atoms with Crippen LogP contribution in [0.2, 0.25) is 5.02 Å². The minimum Gasteiger partial charge on any atom is -0.373 e. The first-order valence-electron chi connectivity index (χ1n) is 9.45. The molecule has 1 amide bonds. The van der Waals surface area contributed by atoms with Crippen LogP contribution in [0, 0.1) is 6.92 Å². The summed E-state index contributed by atoms with van der Waals surface area (Å²) in [5, 5.41) is 2.91. The maximum absolute atomic E-state index is 13.1. The second kappa shape index (κ2) is 8.83. The van der Waals surface area contributed by atoms with Gasteiger partial charge in [-0.15, -0.1) is 0 Å². The van der Waals surface area contributed by atoms with E-state index in [1.165, 1.54) is 22.5 Å². The van der Waals surface area contributed by atoms with Gasteiger partial charge in [-0.25, -0.2) is 8.42 Å². The largest absolute Gasteiger partial charge is 0.373 e. The fraction of sp³-hybridized carbons (Fsp3) is 0.381. The van der Waals surface area contributed by atoms with Crippen molar-refractivity contribution in [2.45, 2.75) is 44.4 Å². The highest BCUT2D eigenvalue weighted by Gasteiger charge is 2.33. The van der Waals surface area contributed by atoms with Gasteiger partial charge in [-0.2, -0.15) is 4.31 Å². The first-order chi connectivity index (χ1) is 13.7. The Morgan fingerprint density at radius 2 is 1.76 bits per heavy atom. The second-order valence-corrected chi connectivity index (χ2v) is 9.71. The molecule has 156 valence electrons. The molecule has 0 bridgehead atoms. The normalized spacial score (nSPS) is 20.4. The molecule has 6 nitrogen and oxygen atoms in total. The van der Waals surface area contributed by atoms with Crippen molar-refractivity contribution in [1.29, 1.82) is 0 Å². The molecule has 1 fully saturated rings. The Balaban J connectivity index is 1.79. The molecule has 1 N–H and O–H groups in total. The molecule has 1 saturated heterocycles. The maximum atomic E-state index is 13.1. The van der Waals surface area contributed by atoms with Gasteiger partial charge in [0.25, 0.3) is 5.91 Å². The molecule has 1 heterocycles. The number of carbonyl (C=O) groups excluding carboxylic acids is 1. The third-order valence-electron chi connectivity index (χ3n) is 4.77. The molecule has 0 aliphatic carbocycles. The van der Waals surface area contributed by atoms with E-state index >= 15 is 0 Å². The topological polar surface area (TPSA) is 75.7 Å². The molecule has 1 aliphatic rings. The molecular weight excluding hydrogens is 412 g/mol. The summed E-state index contributed by atoms with van der Waals surface area (Å²) < 4.78 is 33.3. The predicted molar refractivity (Wildman–Crippen MR) is 113 cm³/mol. The Kier molecular flexibility index (Phi) is 6.63. The molecule has 3 rings (SSSR count). The highest BCUT2D eigenvalue weighted by Crippen LogP contribution is 2.28. The number of morpholine rings is 1. The lowest BCUT2D eigenvalue weighted by Crippen LogP contribution is -2.48. The Hall–Kier alpha value is -1.93. The number of nitrogens with one attached hydrogen (secondary N) is 1. The number of amides is 1. The summed E-state index contributed by atoms with van der Waals surface area (Å²) in [7, 11) is -3.85. The summed E-state index contributed by atoms with van der Waals surface area (Å²) in [6.45, 7) is 6.49. The van der Waals surface area contributed by atoms with E-state index in [0.717, 1.165) is 11.1 Å². The van der Waals surface area contributed by atoms with Crippen LogP contribution in [0.4, 0.5) is 0 Å². The van der Waals surface area contributed by atoms with Gasteiger partial charge in [0, 0.05) is 25.2 Å². The number of benzene rings is 2. The third kappa shape index (κ3) is 5.17. The summed E-state index contributed by atoms with van der Waals surface area (Å²) in [5.74, 6) is -0.359. The highest BCUT2D eigenvalue weighted by molar-refractivity contribution is 7.89. The summed E-state index contributed by atoms with van der Waals surface area (Å²) >= 11 is 6.20. The van der Waals surface area contributed by atoms with E-state index in [1.54, 1.807) is 0 Å². The molecular formula is C21H25ClN2O4S. The van der Waals surface area contributed by atoms with Gasteiger partial charge in [0.1, 0.15) is 4.90 Å². The number of rotatable bonds is 5. The van der Waals surface area contributed by atoms with Gasteiger partial charge < -0.3 is 10.1 Å². The van der Waals surface area contributed by atoms with Crippen molar-refractivity contribution in [1.82, 2.24) is 9.62 Å². The molecule has 0 unspecified atom stereocenters. The fourth-order valence-electron chi connectivity index (χ4n) is 3.30. The Morgan fingerprint density at radius 1 is 1.14 bits per heavy atom. The molecule has 0 radical (unpaired) electrons. The van der Waals surface area contributed by atoms with E-state index in [2.05, 4.69) is 5.32 Å². The minimum atomic E-state index is -3.85. The van der Waals surface area contributed by atoms with Gasteiger partial charge in [-0.05, 0) is 44.5 Å². The van der Waals surface area contributed by atoms with Crippen molar-refractivity contribution in [2.75, 3.05) is 13.1 Å². The number of nitrogens with zero attached hydrogens (tertiary/aromatic N) is 1. The number of hydrogen-bond acceptors (Lipinski definition) is 4. The average Bonchev–Trinajstić information content (AvgIpc) is 2.66. The van der Waals surface area contributed by atoms with Gasteiger partial charge in [0.15, 0.2) is 0 Å². The van der Waals surface area contributed by atoms with Crippen molar-refractivity contribution < 1.29 is 17.9 Å². The molecule has 2 atom stereocenters. The van der Waals surface area contributed by atoms with E-state index in [0.29, 0.717) is 6.54 Å². The summed E-state index contributed by atoms with van der Waals surface area (Å²) in [4.78, 5) is 12.5. The van der Waals surface area contributed by atoms with Crippen LogP contribution in [-0.2, 0) is 21.3 Å². The van der Waals surface area contributed by atoms with Crippen LogP contribution in [-0.4, -0.2) is 43.9 Å². The Morgan fingerprint density at radius 3 is 2.38 bits per heavy atom. The molecule has 29 heavy (non-hydrogen) atoms. The fourth-order valence-corrected chi connectivity index (χ4v) is 5.39. The summed E-state index contributed by atoms with van der Waals surface area (Å²) in [6.07, 6.45) is -0.429. The van der Waals surface area contributed by atoms with Crippen molar-refractivity contribution in [3.05, 3.63) is 64.2 Å². The minimum absolute atomic E-state index is 0.0662. The van der Waals surface area contributed by atoms with Crippen LogP contribution in [0.5, 0.6) is 0 Å². The van der Waals surface area contributed by atoms with Crippen LogP contribution in [0.3, 0.4) is 0 Å². The number of carbonyl (C=O) groups is 1. The number of aryl methyl sites for hydroxylation is 1. The number of halogens is 1. The summed E-state index contributed by atoms with van der Waals surface area (Å²) in [6, 6.07) is 12.1. The number of sulfonamides is 1. The van der Waals surface area contributed by atoms with Gasteiger partial charge in [-0.3, -0.25) is 4.79 Å². The standard InChI is InChI=1S/C21H25ClN2O4S/c1-14-4-6-17(7-5-14)11-23-21(25)18-8-9-19(22)20(10-18)29(26,27)24-12-15(2)28-16(3)13-24/h4-10,15-16H,11-13H2,1-3H3,(H,23,25)/t15-,16-/m0/s1. The van der Waals surface area contributed by atoms with Gasteiger partial charge >= 0.3 is 0 Å². The van der Waals surface area contributed by atoms with E-state index in [9.17, 15) is 13.2 Å². The van der Waals surface area contributed by atoms with E-state index < -0.39 is 10.0 Å². The summed E-state index contributed by atoms with van der Waals surface area (Å²) in [5.41, 5.74) is 2.34. The molecule has 8 heteroatoms. The lowest BCUT2D eigenvalue weighted by Gasteiger charge is -2.34. The molecule has 0 aromatic heterocycles. The van der Waals surface area contributed by atoms with Gasteiger partial charge in [0.2, 0.25) is 10.0 Å². The average molecular weight is 437 g/mol. The van der Waals surface area contributed by atoms with Crippen molar-refractivity contribution >= 4 is 27.5 Å². The molecule has 2 aromatic carbocycles. The van der Waals surface area contributed by atoms with Crippen molar-refractivity contribution in [3.63, 3.8) is 0 Å². The zero-order valence-electron chi connectivity index (χ0n) is 16.7. The van der Waals surface area contributed by atoms with E-state index in [1.807, 2.05) is 45.0 Å². The number of ether oxygens (including phenoxy) is 1. The van der Waals surface area contributed by atoms with Crippen molar-refractivity contribution in [2.24, 2.45) is 0 Å². The lowest BCUT2D eigenvalue weighted by molar-refractivity contribution is -0.0440. The smallest absolute Gasteiger partial charge is 0.251 e. The highest BCUT2D eigenvalue weighted by atomic mass is 35.5. The van der Waals surface area contributed by atoms with Crippen LogP contribution in [0.25, 0.3) is 0 Å². The van der Waals surface area contributed by atoms with E-state index in [4.69, 9.17) is 16.3 Å². The number of hydrogen-bond donors (Lipinski definition) is 1. The van der Waals surface area contributed by atoms with Gasteiger partial charge in [0.05, 0.1) is 17.2 Å². The van der Waals surface area contributed by atoms with Crippen molar-refractivity contribution in [3.8, 4) is 0 Å². The molecule has 0 spiro atoms. The molecule has 1 aliphatic heterocycles. The first-order valence-corrected chi connectivity index (χ1v) is 11.3. The second-order valence-electron chi connectivity index (χ2n) is 7.39. The van der Waals surface area contributed by atoms with Gasteiger partial charge in [-0.1, -0.05) is 41.4 Å². The zero-order chi connectivity index (χ0) is 21.2. The first kappa shape index (κ1) is 21.8. The predicted octanol–water partition coefficient (Wildman–Crippen LogP) is 3.38. The van der Waals surface area contributed by atoms with Crippen LogP contribution < -0.4 is 5.32 Å². The van der Waals surface area contributed by atoms with Crippen LogP contribution >= 0.6 is 11.6 Å². The SMILES string of the molecule is Cc1ccc(CNC(=O)c2ccc(Cl)c(S(=O)(=O)N3C[C@H](C)O[C@@H](C)C3)c2)cc1. The van der Waals surface area contributed by atoms with Crippen LogP contribution in [0.1, 0.15) is 35.3 Å². The third-order valence-corrected chi connectivity index (χ3v) is 7.08.